The Hall–Kier alpha value is -2.04. The molecule has 4 heteroatoms. The van der Waals surface area contributed by atoms with E-state index < -0.39 is 10.8 Å². The molecule has 3 aromatic rings. The summed E-state index contributed by atoms with van der Waals surface area (Å²) in [6, 6.07) is 18.6. The van der Waals surface area contributed by atoms with Gasteiger partial charge in [-0.15, -0.1) is 0 Å². The van der Waals surface area contributed by atoms with Gasteiger partial charge in [-0.05, 0) is 49.2 Å². The summed E-state index contributed by atoms with van der Waals surface area (Å²) in [7, 11) is -0.922. The van der Waals surface area contributed by atoms with Crippen molar-refractivity contribution in [1.29, 1.82) is 0 Å². The molecule has 2 aromatic carbocycles. The molecule has 0 amide bonds. The first-order valence-electron chi connectivity index (χ1n) is 8.14. The summed E-state index contributed by atoms with van der Waals surface area (Å²) in [5, 5.41) is 4.74. The number of nitrogens with zero attached hydrogens (tertiary/aromatic N) is 1. The molecule has 3 nitrogen and oxygen atoms in total. The normalized spacial score (nSPS) is 13.8. The van der Waals surface area contributed by atoms with E-state index >= 15 is 0 Å². The summed E-state index contributed by atoms with van der Waals surface area (Å²) in [5.74, 6) is 0. The molecule has 0 fully saturated rings. The lowest BCUT2D eigenvalue weighted by atomic mass is 10.1. The van der Waals surface area contributed by atoms with E-state index in [9.17, 15) is 4.21 Å². The van der Waals surface area contributed by atoms with Crippen LogP contribution < -0.4 is 5.32 Å². The monoisotopic (exact) mass is 338 g/mol. The number of rotatable bonds is 6. The van der Waals surface area contributed by atoms with Crippen molar-refractivity contribution in [3.05, 3.63) is 71.9 Å². The third-order valence-corrected chi connectivity index (χ3v) is 5.21. The molecule has 0 aliphatic carbocycles. The summed E-state index contributed by atoms with van der Waals surface area (Å²) >= 11 is 0. The Morgan fingerprint density at radius 3 is 2.58 bits per heavy atom. The summed E-state index contributed by atoms with van der Waals surface area (Å²) in [4.78, 5) is 5.37. The van der Waals surface area contributed by atoms with Crippen molar-refractivity contribution in [2.75, 3.05) is 12.8 Å². The quantitative estimate of drug-likeness (QED) is 0.742. The van der Waals surface area contributed by atoms with E-state index in [2.05, 4.69) is 41.5 Å². The molecule has 1 aromatic heterocycles. The van der Waals surface area contributed by atoms with Gasteiger partial charge >= 0.3 is 0 Å². The predicted molar refractivity (Wildman–Crippen MR) is 101 cm³/mol. The van der Waals surface area contributed by atoms with E-state index in [1.54, 1.807) is 6.26 Å². The fourth-order valence-electron chi connectivity index (χ4n) is 2.86. The van der Waals surface area contributed by atoms with E-state index in [4.69, 9.17) is 0 Å². The first-order chi connectivity index (χ1) is 11.6. The second-order valence-corrected chi connectivity index (χ2v) is 7.32. The van der Waals surface area contributed by atoms with E-state index in [1.165, 1.54) is 16.5 Å². The maximum atomic E-state index is 11.5. The smallest absolute Gasteiger partial charge is 0.0734 e. The molecule has 1 heterocycles. The second kappa shape index (κ2) is 7.69. The molecule has 0 bridgehead atoms. The number of benzene rings is 2. The van der Waals surface area contributed by atoms with Gasteiger partial charge in [0.2, 0.25) is 0 Å². The molecule has 0 saturated carbocycles. The Labute approximate surface area is 145 Å². The van der Waals surface area contributed by atoms with Crippen LogP contribution in [0.1, 0.15) is 24.1 Å². The highest BCUT2D eigenvalue weighted by Crippen LogP contribution is 2.17. The number of para-hydroxylation sites is 1. The Bertz CT molecular complexity index is 840. The van der Waals surface area contributed by atoms with Crippen molar-refractivity contribution < 1.29 is 4.21 Å². The van der Waals surface area contributed by atoms with E-state index in [-0.39, 0.29) is 6.04 Å². The fourth-order valence-corrected chi connectivity index (χ4v) is 3.38. The fraction of sp³-hybridized carbons (Fsp3) is 0.250. The van der Waals surface area contributed by atoms with Gasteiger partial charge < -0.3 is 5.32 Å². The maximum absolute atomic E-state index is 11.5. The van der Waals surface area contributed by atoms with Gasteiger partial charge in [-0.3, -0.25) is 9.19 Å². The number of aromatic nitrogens is 1. The number of hydrogen-bond acceptors (Lipinski definition) is 3. The average Bonchev–Trinajstić information content (AvgIpc) is 2.62. The Morgan fingerprint density at radius 2 is 1.83 bits per heavy atom. The van der Waals surface area contributed by atoms with Crippen LogP contribution in [0.3, 0.4) is 0 Å². The zero-order chi connectivity index (χ0) is 16.9. The highest BCUT2D eigenvalue weighted by atomic mass is 32.2. The molecular weight excluding hydrogens is 316 g/mol. The molecule has 124 valence electrons. The van der Waals surface area contributed by atoms with Gasteiger partial charge in [0.1, 0.15) is 0 Å². The third-order valence-electron chi connectivity index (χ3n) is 4.27. The van der Waals surface area contributed by atoms with Crippen molar-refractivity contribution in [2.24, 2.45) is 0 Å². The summed E-state index contributed by atoms with van der Waals surface area (Å²) < 4.78 is 11.5. The van der Waals surface area contributed by atoms with Gasteiger partial charge in [0, 0.05) is 39.6 Å². The highest BCUT2D eigenvalue weighted by molar-refractivity contribution is 7.84. The number of hydrogen-bond donors (Lipinski definition) is 1. The second-order valence-electron chi connectivity index (χ2n) is 5.94. The lowest BCUT2D eigenvalue weighted by Gasteiger charge is -2.15. The number of nitrogens with one attached hydrogen (secondary N) is 1. The van der Waals surface area contributed by atoms with Crippen LogP contribution in [-0.4, -0.2) is 22.0 Å². The van der Waals surface area contributed by atoms with Crippen LogP contribution in [0.5, 0.6) is 0 Å². The SMILES string of the molecule is C[C@H](NCCc1cccc2cccnc12)c1ccc([S@](C)=O)cc1. The van der Waals surface area contributed by atoms with Crippen LogP contribution in [0.15, 0.2) is 65.7 Å². The zero-order valence-electron chi connectivity index (χ0n) is 14.0. The van der Waals surface area contributed by atoms with Crippen LogP contribution in [0.25, 0.3) is 10.9 Å². The predicted octanol–water partition coefficient (Wildman–Crippen LogP) is 3.87. The molecule has 0 aliphatic rings. The first-order valence-corrected chi connectivity index (χ1v) is 9.70. The Balaban J connectivity index is 1.62. The van der Waals surface area contributed by atoms with E-state index in [0.717, 1.165) is 23.4 Å². The van der Waals surface area contributed by atoms with Crippen LogP contribution in [0, 0.1) is 0 Å². The highest BCUT2D eigenvalue weighted by Gasteiger charge is 2.07. The molecule has 0 spiro atoms. The van der Waals surface area contributed by atoms with Crippen LogP contribution in [0.2, 0.25) is 0 Å². The van der Waals surface area contributed by atoms with Crippen LogP contribution >= 0.6 is 0 Å². The Kier molecular flexibility index (Phi) is 5.38. The van der Waals surface area contributed by atoms with Gasteiger partial charge in [-0.25, -0.2) is 0 Å². The largest absolute Gasteiger partial charge is 0.310 e. The molecular formula is C20H22N2OS. The van der Waals surface area contributed by atoms with E-state index in [0.29, 0.717) is 0 Å². The van der Waals surface area contributed by atoms with Gasteiger partial charge in [-0.2, -0.15) is 0 Å². The van der Waals surface area contributed by atoms with Crippen molar-refractivity contribution >= 4 is 21.7 Å². The minimum absolute atomic E-state index is 0.257. The standard InChI is InChI=1S/C20H22N2OS/c1-15(16-8-10-19(11-9-16)24(2)23)21-14-12-18-6-3-5-17-7-4-13-22-20(17)18/h3-11,13,15,21H,12,14H2,1-2H3/t15-,24-/m0/s1. The van der Waals surface area contributed by atoms with Crippen molar-refractivity contribution in [2.45, 2.75) is 24.3 Å². The van der Waals surface area contributed by atoms with Crippen molar-refractivity contribution in [3.63, 3.8) is 0 Å². The number of pyridine rings is 1. The molecule has 0 saturated heterocycles. The number of fused-ring (bicyclic) bond motifs is 1. The van der Waals surface area contributed by atoms with Crippen LogP contribution in [0.4, 0.5) is 0 Å². The lowest BCUT2D eigenvalue weighted by Crippen LogP contribution is -2.21. The van der Waals surface area contributed by atoms with Gasteiger partial charge in [0.25, 0.3) is 0 Å². The average molecular weight is 338 g/mol. The van der Waals surface area contributed by atoms with Crippen molar-refractivity contribution in [1.82, 2.24) is 10.3 Å². The summed E-state index contributed by atoms with van der Waals surface area (Å²) in [5.41, 5.74) is 3.56. The molecule has 24 heavy (non-hydrogen) atoms. The first kappa shape index (κ1) is 16.8. The van der Waals surface area contributed by atoms with Crippen molar-refractivity contribution in [3.8, 4) is 0 Å². The maximum Gasteiger partial charge on any atom is 0.0734 e. The minimum Gasteiger partial charge on any atom is -0.310 e. The minimum atomic E-state index is -0.922. The summed E-state index contributed by atoms with van der Waals surface area (Å²) in [6.07, 6.45) is 4.49. The molecule has 1 N–H and O–H groups in total. The molecule has 0 unspecified atom stereocenters. The molecule has 3 rings (SSSR count). The molecule has 0 aliphatic heterocycles. The van der Waals surface area contributed by atoms with Gasteiger partial charge in [0.05, 0.1) is 5.52 Å². The summed E-state index contributed by atoms with van der Waals surface area (Å²) in [6.45, 7) is 3.04. The molecule has 2 atom stereocenters. The zero-order valence-corrected chi connectivity index (χ0v) is 14.8. The van der Waals surface area contributed by atoms with E-state index in [1.807, 2.05) is 36.5 Å². The Morgan fingerprint density at radius 1 is 1.08 bits per heavy atom. The topological polar surface area (TPSA) is 42.0 Å². The van der Waals surface area contributed by atoms with Gasteiger partial charge in [0.15, 0.2) is 0 Å². The third kappa shape index (κ3) is 3.89. The lowest BCUT2D eigenvalue weighted by molar-refractivity contribution is 0.577. The van der Waals surface area contributed by atoms with Crippen LogP contribution in [-0.2, 0) is 17.2 Å². The van der Waals surface area contributed by atoms with Gasteiger partial charge in [-0.1, -0.05) is 36.4 Å². The molecule has 0 radical (unpaired) electrons.